The summed E-state index contributed by atoms with van der Waals surface area (Å²) in [6, 6.07) is 3.37. The van der Waals surface area contributed by atoms with E-state index in [1.165, 1.54) is 6.92 Å². The van der Waals surface area contributed by atoms with Crippen LogP contribution in [0.15, 0.2) is 18.3 Å². The highest BCUT2D eigenvalue weighted by Gasteiger charge is 2.25. The monoisotopic (exact) mass is 290 g/mol. The highest BCUT2D eigenvalue weighted by molar-refractivity contribution is 5.93. The number of hydrogen-bond donors (Lipinski definition) is 3. The van der Waals surface area contributed by atoms with Crippen molar-refractivity contribution in [3.63, 3.8) is 0 Å². The summed E-state index contributed by atoms with van der Waals surface area (Å²) in [5.41, 5.74) is 6.32. The van der Waals surface area contributed by atoms with Gasteiger partial charge in [0.2, 0.25) is 11.8 Å². The van der Waals surface area contributed by atoms with Crippen LogP contribution in [0.1, 0.15) is 32.6 Å². The summed E-state index contributed by atoms with van der Waals surface area (Å²) in [5, 5.41) is 5.49. The minimum atomic E-state index is -0.189. The van der Waals surface area contributed by atoms with E-state index in [0.29, 0.717) is 24.0 Å². The molecule has 1 aliphatic carbocycles. The lowest BCUT2D eigenvalue weighted by molar-refractivity contribution is -0.121. The van der Waals surface area contributed by atoms with Crippen LogP contribution in [-0.4, -0.2) is 23.3 Å². The molecule has 0 atom stereocenters. The number of amides is 2. The lowest BCUT2D eigenvalue weighted by Gasteiger charge is -2.26. The van der Waals surface area contributed by atoms with Gasteiger partial charge in [-0.2, -0.15) is 0 Å². The Morgan fingerprint density at radius 3 is 2.62 bits per heavy atom. The minimum absolute atomic E-state index is 0.0328. The van der Waals surface area contributed by atoms with Gasteiger partial charge in [-0.15, -0.1) is 0 Å². The van der Waals surface area contributed by atoms with E-state index in [1.54, 1.807) is 18.3 Å². The van der Waals surface area contributed by atoms with Gasteiger partial charge < -0.3 is 16.4 Å². The van der Waals surface area contributed by atoms with Crippen molar-refractivity contribution >= 4 is 23.3 Å². The van der Waals surface area contributed by atoms with Crippen LogP contribution in [0.2, 0.25) is 0 Å². The number of hydrogen-bond acceptors (Lipinski definition) is 4. The zero-order valence-corrected chi connectivity index (χ0v) is 12.3. The molecule has 1 heterocycles. The van der Waals surface area contributed by atoms with E-state index in [2.05, 4.69) is 15.6 Å². The largest absolute Gasteiger partial charge is 0.330 e. The molecule has 6 heteroatoms. The van der Waals surface area contributed by atoms with Crippen molar-refractivity contribution in [1.29, 1.82) is 0 Å². The predicted molar refractivity (Wildman–Crippen MR) is 81.7 cm³/mol. The number of carbonyl (C=O) groups excluding carboxylic acids is 2. The lowest BCUT2D eigenvalue weighted by atomic mass is 9.81. The first-order valence-electron chi connectivity index (χ1n) is 7.33. The fraction of sp³-hybridized carbons (Fsp3) is 0.533. The predicted octanol–water partition coefficient (Wildman–Crippen LogP) is 1.74. The number of rotatable bonds is 4. The molecule has 0 aromatic carbocycles. The average molecular weight is 290 g/mol. The summed E-state index contributed by atoms with van der Waals surface area (Å²) >= 11 is 0. The van der Waals surface area contributed by atoms with E-state index in [9.17, 15) is 9.59 Å². The molecular formula is C15H22N4O2. The Balaban J connectivity index is 1.92. The number of nitrogens with two attached hydrogens (primary N) is 1. The molecule has 1 aromatic heterocycles. The van der Waals surface area contributed by atoms with E-state index in [1.807, 2.05) is 0 Å². The molecule has 114 valence electrons. The molecule has 0 bridgehead atoms. The Hall–Kier alpha value is -1.95. The first-order valence-corrected chi connectivity index (χ1v) is 7.33. The van der Waals surface area contributed by atoms with Crippen LogP contribution in [0, 0.1) is 11.8 Å². The Kier molecular flexibility index (Phi) is 5.27. The van der Waals surface area contributed by atoms with Crippen LogP contribution < -0.4 is 16.4 Å². The van der Waals surface area contributed by atoms with Gasteiger partial charge in [0.05, 0.1) is 0 Å². The Morgan fingerprint density at radius 2 is 2.00 bits per heavy atom. The zero-order chi connectivity index (χ0) is 15.2. The normalized spacial score (nSPS) is 21.6. The van der Waals surface area contributed by atoms with Gasteiger partial charge in [-0.3, -0.25) is 9.59 Å². The van der Waals surface area contributed by atoms with Crippen molar-refractivity contribution in [3.8, 4) is 0 Å². The summed E-state index contributed by atoms with van der Waals surface area (Å²) in [5.74, 6) is 0.884. The molecule has 1 saturated carbocycles. The fourth-order valence-corrected chi connectivity index (χ4v) is 2.66. The standard InChI is InChI=1S/C15H22N4O2/c1-10(20)18-14-8-13(6-7-17-14)19-15(21)12-4-2-11(9-16)3-5-12/h6-8,11-12H,2-5,9,16H2,1H3,(H2,17,18,19,20,21)/t11-,12-. The SMILES string of the molecule is CC(=O)Nc1cc(NC(=O)[C@H]2CC[C@H](CN)CC2)ccn1. The van der Waals surface area contributed by atoms with Crippen molar-refractivity contribution in [3.05, 3.63) is 18.3 Å². The Morgan fingerprint density at radius 1 is 1.29 bits per heavy atom. The molecule has 0 saturated heterocycles. The summed E-state index contributed by atoms with van der Waals surface area (Å²) in [7, 11) is 0. The molecule has 1 fully saturated rings. The summed E-state index contributed by atoms with van der Waals surface area (Å²) in [6.07, 6.45) is 5.37. The van der Waals surface area contributed by atoms with Crippen LogP contribution in [0.5, 0.6) is 0 Å². The van der Waals surface area contributed by atoms with Gasteiger partial charge in [-0.25, -0.2) is 4.98 Å². The Bertz CT molecular complexity index is 510. The summed E-state index contributed by atoms with van der Waals surface area (Å²) < 4.78 is 0. The number of aromatic nitrogens is 1. The van der Waals surface area contributed by atoms with Crippen LogP contribution in [-0.2, 0) is 9.59 Å². The van der Waals surface area contributed by atoms with Crippen molar-refractivity contribution in [2.45, 2.75) is 32.6 Å². The first kappa shape index (κ1) is 15.4. The van der Waals surface area contributed by atoms with E-state index in [-0.39, 0.29) is 17.7 Å². The quantitative estimate of drug-likeness (QED) is 0.787. The molecule has 1 aliphatic rings. The second-order valence-electron chi connectivity index (χ2n) is 5.55. The third-order valence-electron chi connectivity index (χ3n) is 3.88. The van der Waals surface area contributed by atoms with E-state index in [4.69, 9.17) is 5.73 Å². The van der Waals surface area contributed by atoms with Crippen LogP contribution >= 0.6 is 0 Å². The molecule has 2 amide bonds. The van der Waals surface area contributed by atoms with E-state index >= 15 is 0 Å². The van der Waals surface area contributed by atoms with Crippen LogP contribution in [0.25, 0.3) is 0 Å². The smallest absolute Gasteiger partial charge is 0.227 e. The molecule has 1 aromatic rings. The second-order valence-corrected chi connectivity index (χ2v) is 5.55. The molecule has 0 aliphatic heterocycles. The van der Waals surface area contributed by atoms with Gasteiger partial charge in [0.25, 0.3) is 0 Å². The van der Waals surface area contributed by atoms with Crippen LogP contribution in [0.3, 0.4) is 0 Å². The maximum Gasteiger partial charge on any atom is 0.227 e. The van der Waals surface area contributed by atoms with Crippen LogP contribution in [0.4, 0.5) is 11.5 Å². The van der Waals surface area contributed by atoms with E-state index < -0.39 is 0 Å². The average Bonchev–Trinajstić information content (AvgIpc) is 2.47. The van der Waals surface area contributed by atoms with Crippen molar-refractivity contribution in [2.24, 2.45) is 17.6 Å². The van der Waals surface area contributed by atoms with Gasteiger partial charge in [0.15, 0.2) is 0 Å². The first-order chi connectivity index (χ1) is 10.1. The lowest BCUT2D eigenvalue weighted by Crippen LogP contribution is -2.29. The van der Waals surface area contributed by atoms with Gasteiger partial charge in [-0.1, -0.05) is 0 Å². The zero-order valence-electron chi connectivity index (χ0n) is 12.3. The van der Waals surface area contributed by atoms with Crippen molar-refractivity contribution in [2.75, 3.05) is 17.2 Å². The molecule has 2 rings (SSSR count). The molecular weight excluding hydrogens is 268 g/mol. The summed E-state index contributed by atoms with van der Waals surface area (Å²) in [6.45, 7) is 2.13. The third-order valence-corrected chi connectivity index (χ3v) is 3.88. The topological polar surface area (TPSA) is 97.1 Å². The number of anilines is 2. The molecule has 4 N–H and O–H groups in total. The third kappa shape index (κ3) is 4.53. The number of nitrogens with one attached hydrogen (secondary N) is 2. The van der Waals surface area contributed by atoms with Gasteiger partial charge in [0.1, 0.15) is 5.82 Å². The Labute approximate surface area is 124 Å². The highest BCUT2D eigenvalue weighted by Crippen LogP contribution is 2.29. The molecule has 0 spiro atoms. The maximum absolute atomic E-state index is 12.2. The number of nitrogens with zero attached hydrogens (tertiary/aromatic N) is 1. The van der Waals surface area contributed by atoms with Gasteiger partial charge >= 0.3 is 0 Å². The van der Waals surface area contributed by atoms with E-state index in [0.717, 1.165) is 25.7 Å². The van der Waals surface area contributed by atoms with Crippen molar-refractivity contribution < 1.29 is 9.59 Å². The van der Waals surface area contributed by atoms with Gasteiger partial charge in [0, 0.05) is 30.8 Å². The van der Waals surface area contributed by atoms with Crippen molar-refractivity contribution in [1.82, 2.24) is 4.98 Å². The second kappa shape index (κ2) is 7.17. The van der Waals surface area contributed by atoms with Gasteiger partial charge in [-0.05, 0) is 44.2 Å². The molecule has 0 unspecified atom stereocenters. The summed E-state index contributed by atoms with van der Waals surface area (Å²) in [4.78, 5) is 27.3. The highest BCUT2D eigenvalue weighted by atomic mass is 16.2. The maximum atomic E-state index is 12.2. The minimum Gasteiger partial charge on any atom is -0.330 e. The molecule has 6 nitrogen and oxygen atoms in total. The molecule has 21 heavy (non-hydrogen) atoms. The number of carbonyl (C=O) groups is 2. The molecule has 0 radical (unpaired) electrons. The fourth-order valence-electron chi connectivity index (χ4n) is 2.66. The number of pyridine rings is 1.